The van der Waals surface area contributed by atoms with Gasteiger partial charge in [-0.25, -0.2) is 10.4 Å². The third-order valence-corrected chi connectivity index (χ3v) is 4.26. The molecule has 0 fully saturated rings. The quantitative estimate of drug-likeness (QED) is 0.506. The van der Waals surface area contributed by atoms with Crippen molar-refractivity contribution in [2.24, 2.45) is 5.10 Å². The molecule has 9 heteroatoms. The standard InChI is InChI=1S/C17H18ClN5O3/c1-4-26-10(2)20-21-16(24)15-13-8-22(3)17(25)14-11(18)6-5-7-12(14)23(13)9-19-15/h5-7,9H,4,8H2,1-3H3,(H,21,24). The molecule has 2 aromatic rings. The Morgan fingerprint density at radius 3 is 2.96 bits per heavy atom. The number of carbonyl (C=O) groups is 2. The van der Waals surface area contributed by atoms with Crippen molar-refractivity contribution in [3.8, 4) is 5.69 Å². The first-order chi connectivity index (χ1) is 12.4. The van der Waals surface area contributed by atoms with Crippen molar-refractivity contribution in [1.82, 2.24) is 19.9 Å². The van der Waals surface area contributed by atoms with Crippen LogP contribution in [0.5, 0.6) is 0 Å². The van der Waals surface area contributed by atoms with Gasteiger partial charge < -0.3 is 9.64 Å². The molecule has 2 amide bonds. The number of aromatic nitrogens is 2. The summed E-state index contributed by atoms with van der Waals surface area (Å²) in [6.07, 6.45) is 1.50. The molecule has 0 saturated heterocycles. The van der Waals surface area contributed by atoms with Gasteiger partial charge in [0.15, 0.2) is 5.69 Å². The summed E-state index contributed by atoms with van der Waals surface area (Å²) in [4.78, 5) is 30.9. The van der Waals surface area contributed by atoms with Crippen molar-refractivity contribution >= 4 is 29.3 Å². The number of hydrogen-bond acceptors (Lipinski definition) is 5. The molecule has 1 aromatic heterocycles. The van der Waals surface area contributed by atoms with Crippen molar-refractivity contribution in [2.45, 2.75) is 20.4 Å². The van der Waals surface area contributed by atoms with E-state index in [4.69, 9.17) is 16.3 Å². The number of fused-ring (bicyclic) bond motifs is 3. The molecule has 3 rings (SSSR count). The van der Waals surface area contributed by atoms with Gasteiger partial charge in [-0.2, -0.15) is 0 Å². The highest BCUT2D eigenvalue weighted by Gasteiger charge is 2.29. The van der Waals surface area contributed by atoms with Crippen LogP contribution in [0.1, 0.15) is 40.4 Å². The molecule has 0 radical (unpaired) electrons. The summed E-state index contributed by atoms with van der Waals surface area (Å²) < 4.78 is 6.88. The van der Waals surface area contributed by atoms with Crippen LogP contribution in [0, 0.1) is 0 Å². The van der Waals surface area contributed by atoms with Crippen LogP contribution >= 0.6 is 11.6 Å². The molecule has 0 atom stereocenters. The van der Waals surface area contributed by atoms with E-state index >= 15 is 0 Å². The van der Waals surface area contributed by atoms with E-state index in [9.17, 15) is 9.59 Å². The average molecular weight is 376 g/mol. The number of halogens is 1. The molecule has 1 N–H and O–H groups in total. The predicted octanol–water partition coefficient (Wildman–Crippen LogP) is 2.21. The second-order valence-electron chi connectivity index (χ2n) is 5.71. The van der Waals surface area contributed by atoms with E-state index in [1.54, 1.807) is 36.7 Å². The van der Waals surface area contributed by atoms with Gasteiger partial charge in [0.25, 0.3) is 11.8 Å². The van der Waals surface area contributed by atoms with E-state index < -0.39 is 5.91 Å². The van der Waals surface area contributed by atoms with Gasteiger partial charge in [-0.1, -0.05) is 17.7 Å². The van der Waals surface area contributed by atoms with Gasteiger partial charge in [0.05, 0.1) is 35.1 Å². The Morgan fingerprint density at radius 2 is 2.23 bits per heavy atom. The largest absolute Gasteiger partial charge is 0.480 e. The number of ether oxygens (including phenoxy) is 1. The third kappa shape index (κ3) is 3.15. The lowest BCUT2D eigenvalue weighted by molar-refractivity contribution is 0.0785. The fourth-order valence-corrected chi connectivity index (χ4v) is 3.01. The molecule has 0 aliphatic carbocycles. The lowest BCUT2D eigenvalue weighted by atomic mass is 10.1. The van der Waals surface area contributed by atoms with E-state index in [1.807, 2.05) is 6.92 Å². The first kappa shape index (κ1) is 17.9. The summed E-state index contributed by atoms with van der Waals surface area (Å²) in [5.41, 5.74) is 4.14. The van der Waals surface area contributed by atoms with Crippen LogP contribution in [0.15, 0.2) is 29.6 Å². The molecular weight excluding hydrogens is 358 g/mol. The molecule has 1 aliphatic heterocycles. The maximum atomic E-state index is 12.7. The normalized spacial score (nSPS) is 13.8. The molecule has 26 heavy (non-hydrogen) atoms. The highest BCUT2D eigenvalue weighted by Crippen LogP contribution is 2.30. The highest BCUT2D eigenvalue weighted by atomic mass is 35.5. The second kappa shape index (κ2) is 7.17. The SMILES string of the molecule is CCOC(C)=NNC(=O)c1ncn2c1CN(C)C(=O)c1c(Cl)cccc1-2. The fourth-order valence-electron chi connectivity index (χ4n) is 2.76. The second-order valence-corrected chi connectivity index (χ2v) is 6.12. The van der Waals surface area contributed by atoms with Crippen LogP contribution in [0.3, 0.4) is 0 Å². The van der Waals surface area contributed by atoms with Crippen molar-refractivity contribution in [2.75, 3.05) is 13.7 Å². The van der Waals surface area contributed by atoms with E-state index in [1.165, 1.54) is 11.2 Å². The number of hydrogen-bond donors (Lipinski definition) is 1. The summed E-state index contributed by atoms with van der Waals surface area (Å²) in [5, 5.41) is 4.23. The number of nitrogens with one attached hydrogen (secondary N) is 1. The Morgan fingerprint density at radius 1 is 1.46 bits per heavy atom. The molecule has 8 nitrogen and oxygen atoms in total. The van der Waals surface area contributed by atoms with E-state index in [0.717, 1.165) is 0 Å². The van der Waals surface area contributed by atoms with Gasteiger partial charge in [0.2, 0.25) is 5.90 Å². The lowest BCUT2D eigenvalue weighted by Crippen LogP contribution is -2.27. The zero-order valence-corrected chi connectivity index (χ0v) is 15.4. The molecule has 2 heterocycles. The van der Waals surface area contributed by atoms with Gasteiger partial charge in [-0.05, 0) is 19.1 Å². The third-order valence-electron chi connectivity index (χ3n) is 3.95. The lowest BCUT2D eigenvalue weighted by Gasteiger charge is -2.15. The highest BCUT2D eigenvalue weighted by molar-refractivity contribution is 6.34. The Labute approximate surface area is 155 Å². The maximum absolute atomic E-state index is 12.7. The van der Waals surface area contributed by atoms with Crippen LogP contribution in [-0.2, 0) is 11.3 Å². The number of rotatable bonds is 3. The Balaban J connectivity index is 2.02. The van der Waals surface area contributed by atoms with Crippen LogP contribution in [0.2, 0.25) is 5.02 Å². The van der Waals surface area contributed by atoms with Gasteiger partial charge >= 0.3 is 0 Å². The average Bonchev–Trinajstić information content (AvgIpc) is 2.98. The zero-order chi connectivity index (χ0) is 18.8. The summed E-state index contributed by atoms with van der Waals surface area (Å²) in [7, 11) is 1.65. The van der Waals surface area contributed by atoms with Crippen molar-refractivity contribution in [1.29, 1.82) is 0 Å². The summed E-state index contributed by atoms with van der Waals surface area (Å²) >= 11 is 6.23. The van der Waals surface area contributed by atoms with Gasteiger partial charge in [0.1, 0.15) is 6.33 Å². The van der Waals surface area contributed by atoms with E-state index in [2.05, 4.69) is 15.5 Å². The van der Waals surface area contributed by atoms with Crippen molar-refractivity contribution in [3.05, 3.63) is 46.5 Å². The number of amides is 2. The molecule has 0 saturated carbocycles. The number of nitrogens with zero attached hydrogens (tertiary/aromatic N) is 4. The summed E-state index contributed by atoms with van der Waals surface area (Å²) in [6.45, 7) is 4.13. The minimum atomic E-state index is -0.482. The van der Waals surface area contributed by atoms with Crippen LogP contribution in [0.25, 0.3) is 5.69 Å². The molecule has 0 bridgehead atoms. The monoisotopic (exact) mass is 375 g/mol. The zero-order valence-electron chi connectivity index (χ0n) is 14.6. The maximum Gasteiger partial charge on any atom is 0.292 e. The molecule has 1 aromatic carbocycles. The van der Waals surface area contributed by atoms with Crippen LogP contribution in [0.4, 0.5) is 0 Å². The number of imidazole rings is 1. The summed E-state index contributed by atoms with van der Waals surface area (Å²) in [6, 6.07) is 5.18. The summed E-state index contributed by atoms with van der Waals surface area (Å²) in [5.74, 6) is -0.356. The minimum absolute atomic E-state index is 0.186. The molecular formula is C17H18ClN5O3. The van der Waals surface area contributed by atoms with E-state index in [-0.39, 0.29) is 18.1 Å². The number of carbonyl (C=O) groups excluding carboxylic acids is 2. The smallest absolute Gasteiger partial charge is 0.292 e. The van der Waals surface area contributed by atoms with Gasteiger partial charge in [0, 0.05) is 14.0 Å². The predicted molar refractivity (Wildman–Crippen MR) is 96.6 cm³/mol. The van der Waals surface area contributed by atoms with Crippen LogP contribution in [-0.4, -0.2) is 45.8 Å². The fraction of sp³-hybridized carbons (Fsp3) is 0.294. The first-order valence-electron chi connectivity index (χ1n) is 8.02. The molecule has 1 aliphatic rings. The Kier molecular flexibility index (Phi) is 4.94. The minimum Gasteiger partial charge on any atom is -0.480 e. The van der Waals surface area contributed by atoms with Gasteiger partial charge in [-0.3, -0.25) is 14.2 Å². The topological polar surface area (TPSA) is 88.8 Å². The number of hydrazone groups is 1. The first-order valence-corrected chi connectivity index (χ1v) is 8.39. The molecule has 136 valence electrons. The van der Waals surface area contributed by atoms with Crippen molar-refractivity contribution < 1.29 is 14.3 Å². The van der Waals surface area contributed by atoms with Crippen molar-refractivity contribution in [3.63, 3.8) is 0 Å². The van der Waals surface area contributed by atoms with Gasteiger partial charge in [-0.15, -0.1) is 5.10 Å². The van der Waals surface area contributed by atoms with Crippen LogP contribution < -0.4 is 5.43 Å². The molecule has 0 unspecified atom stereocenters. The van der Waals surface area contributed by atoms with E-state index in [0.29, 0.717) is 34.5 Å². The molecule has 0 spiro atoms. The number of benzene rings is 1. The Hall–Kier alpha value is -2.87. The Bertz CT molecular complexity index is 906.